The van der Waals surface area contributed by atoms with Gasteiger partial charge < -0.3 is 9.67 Å². The molecule has 0 unspecified atom stereocenters. The van der Waals surface area contributed by atoms with E-state index in [1.807, 2.05) is 20.8 Å². The summed E-state index contributed by atoms with van der Waals surface area (Å²) in [6, 6.07) is 0. The first kappa shape index (κ1) is 12.8. The first-order valence-corrected chi connectivity index (χ1v) is 5.85. The number of hydrogen-bond donors (Lipinski definition) is 1. The maximum Gasteiger partial charge on any atom is 0.339 e. The highest BCUT2D eigenvalue weighted by molar-refractivity contribution is 6.35. The van der Waals surface area contributed by atoms with Crippen LogP contribution in [0.5, 0.6) is 0 Å². The van der Waals surface area contributed by atoms with Crippen molar-refractivity contribution in [2.45, 2.75) is 26.2 Å². The summed E-state index contributed by atoms with van der Waals surface area (Å²) in [5.41, 5.74) is 1.01. The second-order valence-corrected chi connectivity index (χ2v) is 5.56. The van der Waals surface area contributed by atoms with Gasteiger partial charge in [-0.1, -0.05) is 32.4 Å². The predicted molar refractivity (Wildman–Crippen MR) is 69.2 cm³/mol. The SMILES string of the molecule is Cn1c(Cl)c(C(=O)O)c2c(C(C)(C)C)ncnc21. The molecular weight excluding hydrogens is 254 g/mol. The van der Waals surface area contributed by atoms with E-state index in [4.69, 9.17) is 11.6 Å². The summed E-state index contributed by atoms with van der Waals surface area (Å²) in [6.45, 7) is 5.92. The van der Waals surface area contributed by atoms with Gasteiger partial charge in [-0.05, 0) is 0 Å². The van der Waals surface area contributed by atoms with E-state index in [0.717, 1.165) is 0 Å². The second kappa shape index (κ2) is 3.95. The van der Waals surface area contributed by atoms with Crippen molar-refractivity contribution in [3.8, 4) is 0 Å². The lowest BCUT2D eigenvalue weighted by atomic mass is 9.89. The fourth-order valence-electron chi connectivity index (χ4n) is 1.99. The maximum absolute atomic E-state index is 11.4. The molecule has 0 fully saturated rings. The Labute approximate surface area is 109 Å². The van der Waals surface area contributed by atoms with Crippen LogP contribution in [0.15, 0.2) is 6.33 Å². The summed E-state index contributed by atoms with van der Waals surface area (Å²) in [7, 11) is 1.69. The van der Waals surface area contributed by atoms with Crippen LogP contribution in [-0.4, -0.2) is 25.6 Å². The Hall–Kier alpha value is -1.62. The summed E-state index contributed by atoms with van der Waals surface area (Å²) in [6.07, 6.45) is 1.44. The monoisotopic (exact) mass is 267 g/mol. The molecule has 0 saturated carbocycles. The lowest BCUT2D eigenvalue weighted by Crippen LogP contribution is -2.15. The molecule has 0 atom stereocenters. The van der Waals surface area contributed by atoms with Gasteiger partial charge in [0.15, 0.2) is 0 Å². The molecule has 6 heteroatoms. The molecule has 5 nitrogen and oxygen atoms in total. The van der Waals surface area contributed by atoms with Gasteiger partial charge in [0.05, 0.1) is 11.1 Å². The zero-order valence-electron chi connectivity index (χ0n) is 10.7. The van der Waals surface area contributed by atoms with Crippen LogP contribution in [-0.2, 0) is 12.5 Å². The highest BCUT2D eigenvalue weighted by Gasteiger charge is 2.28. The fraction of sp³-hybridized carbons (Fsp3) is 0.417. The topological polar surface area (TPSA) is 68.0 Å². The molecule has 18 heavy (non-hydrogen) atoms. The van der Waals surface area contributed by atoms with Crippen LogP contribution in [0.2, 0.25) is 5.15 Å². The first-order chi connectivity index (χ1) is 8.25. The number of nitrogens with zero attached hydrogens (tertiary/aromatic N) is 3. The third-order valence-corrected chi connectivity index (χ3v) is 3.26. The molecule has 96 valence electrons. The number of fused-ring (bicyclic) bond motifs is 1. The zero-order valence-corrected chi connectivity index (χ0v) is 11.4. The van der Waals surface area contributed by atoms with E-state index in [9.17, 15) is 9.90 Å². The van der Waals surface area contributed by atoms with Crippen LogP contribution in [0.25, 0.3) is 11.0 Å². The number of rotatable bonds is 1. The smallest absolute Gasteiger partial charge is 0.339 e. The molecule has 0 amide bonds. The van der Waals surface area contributed by atoms with E-state index in [0.29, 0.717) is 16.7 Å². The summed E-state index contributed by atoms with van der Waals surface area (Å²) in [5, 5.41) is 10.0. The number of aromatic carboxylic acids is 1. The predicted octanol–water partition coefficient (Wildman–Crippen LogP) is 2.62. The average Bonchev–Trinajstić information content (AvgIpc) is 2.50. The Balaban J connectivity index is 3.00. The zero-order chi connectivity index (χ0) is 13.7. The van der Waals surface area contributed by atoms with Crippen LogP contribution < -0.4 is 0 Å². The lowest BCUT2D eigenvalue weighted by molar-refractivity contribution is 0.0699. The first-order valence-electron chi connectivity index (χ1n) is 5.47. The van der Waals surface area contributed by atoms with Crippen LogP contribution in [0.3, 0.4) is 0 Å². The molecule has 0 bridgehead atoms. The molecule has 0 saturated heterocycles. The highest BCUT2D eigenvalue weighted by Crippen LogP contribution is 2.34. The van der Waals surface area contributed by atoms with Crippen molar-refractivity contribution in [2.24, 2.45) is 7.05 Å². The molecule has 2 aromatic heterocycles. The van der Waals surface area contributed by atoms with E-state index < -0.39 is 5.97 Å². The third-order valence-electron chi connectivity index (χ3n) is 2.82. The Bertz CT molecular complexity index is 641. The number of carbonyl (C=O) groups is 1. The van der Waals surface area contributed by atoms with Crippen molar-refractivity contribution in [1.29, 1.82) is 0 Å². The highest BCUT2D eigenvalue weighted by atomic mass is 35.5. The van der Waals surface area contributed by atoms with E-state index in [1.54, 1.807) is 11.6 Å². The summed E-state index contributed by atoms with van der Waals surface area (Å²) in [4.78, 5) is 19.7. The van der Waals surface area contributed by atoms with Crippen LogP contribution >= 0.6 is 11.6 Å². The summed E-state index contributed by atoms with van der Waals surface area (Å²) in [5.74, 6) is -1.06. The number of hydrogen-bond acceptors (Lipinski definition) is 3. The number of carboxylic acid groups (broad SMARTS) is 1. The van der Waals surface area contributed by atoms with E-state index in [1.165, 1.54) is 6.33 Å². The fourth-order valence-corrected chi connectivity index (χ4v) is 2.24. The number of aryl methyl sites for hydroxylation is 1. The molecule has 2 heterocycles. The lowest BCUT2D eigenvalue weighted by Gasteiger charge is -2.18. The van der Waals surface area contributed by atoms with Gasteiger partial charge in [-0.15, -0.1) is 0 Å². The van der Waals surface area contributed by atoms with Gasteiger partial charge in [-0.25, -0.2) is 14.8 Å². The third kappa shape index (κ3) is 1.75. The standard InChI is InChI=1S/C12H14ClN3O2/c1-12(2,3)8-6-7(11(17)18)9(13)16(4)10(6)15-5-14-8/h5H,1-4H3,(H,17,18). The quantitative estimate of drug-likeness (QED) is 0.862. The number of halogens is 1. The van der Waals surface area contributed by atoms with Gasteiger partial charge in [0.25, 0.3) is 0 Å². The van der Waals surface area contributed by atoms with Gasteiger partial charge >= 0.3 is 5.97 Å². The summed E-state index contributed by atoms with van der Waals surface area (Å²) < 4.78 is 1.57. The molecule has 0 radical (unpaired) electrons. The van der Waals surface area contributed by atoms with Crippen molar-refractivity contribution in [3.63, 3.8) is 0 Å². The van der Waals surface area contributed by atoms with Crippen LogP contribution in [0.1, 0.15) is 36.8 Å². The molecule has 1 N–H and O–H groups in total. The van der Waals surface area contributed by atoms with Crippen molar-refractivity contribution in [1.82, 2.24) is 14.5 Å². The Kier molecular flexibility index (Phi) is 2.81. The molecule has 0 aromatic carbocycles. The van der Waals surface area contributed by atoms with E-state index in [-0.39, 0.29) is 16.1 Å². The van der Waals surface area contributed by atoms with E-state index in [2.05, 4.69) is 9.97 Å². The number of aromatic nitrogens is 3. The molecule has 2 rings (SSSR count). The van der Waals surface area contributed by atoms with Crippen molar-refractivity contribution in [2.75, 3.05) is 0 Å². The molecule has 0 aliphatic carbocycles. The molecular formula is C12H14ClN3O2. The van der Waals surface area contributed by atoms with Crippen LogP contribution in [0, 0.1) is 0 Å². The Morgan fingerprint density at radius 2 is 2.00 bits per heavy atom. The molecule has 0 aliphatic rings. The van der Waals surface area contributed by atoms with E-state index >= 15 is 0 Å². The molecule has 0 spiro atoms. The van der Waals surface area contributed by atoms with Crippen molar-refractivity contribution >= 4 is 28.6 Å². The van der Waals surface area contributed by atoms with Gasteiger partial charge in [0, 0.05) is 12.5 Å². The Morgan fingerprint density at radius 1 is 1.39 bits per heavy atom. The maximum atomic E-state index is 11.4. The number of carboxylic acids is 1. The Morgan fingerprint density at radius 3 is 2.50 bits per heavy atom. The average molecular weight is 268 g/mol. The second-order valence-electron chi connectivity index (χ2n) is 5.20. The normalized spacial score (nSPS) is 12.1. The molecule has 2 aromatic rings. The minimum atomic E-state index is -1.06. The minimum Gasteiger partial charge on any atom is -0.478 e. The van der Waals surface area contributed by atoms with Gasteiger partial charge in [0.1, 0.15) is 22.7 Å². The largest absolute Gasteiger partial charge is 0.478 e. The summed E-state index contributed by atoms with van der Waals surface area (Å²) >= 11 is 6.07. The van der Waals surface area contributed by atoms with Gasteiger partial charge in [-0.2, -0.15) is 0 Å². The molecule has 0 aliphatic heterocycles. The van der Waals surface area contributed by atoms with Gasteiger partial charge in [-0.3, -0.25) is 0 Å². The van der Waals surface area contributed by atoms with Crippen LogP contribution in [0.4, 0.5) is 0 Å². The minimum absolute atomic E-state index is 0.0692. The van der Waals surface area contributed by atoms with Crippen molar-refractivity contribution < 1.29 is 9.90 Å². The van der Waals surface area contributed by atoms with Gasteiger partial charge in [0.2, 0.25) is 0 Å². The van der Waals surface area contributed by atoms with Crippen molar-refractivity contribution in [3.05, 3.63) is 22.7 Å².